The second-order valence-corrected chi connectivity index (χ2v) is 3.60. The lowest BCUT2D eigenvalue weighted by atomic mass is 9.91. The maximum Gasteiger partial charge on any atom is 0.335 e. The number of carboxylic acid groups (broad SMARTS) is 1. The monoisotopic (exact) mass is 191 g/mol. The smallest absolute Gasteiger partial charge is 0.335 e. The molecule has 2 rings (SSSR count). The van der Waals surface area contributed by atoms with Crippen LogP contribution in [-0.4, -0.2) is 17.6 Å². The van der Waals surface area contributed by atoms with Gasteiger partial charge in [-0.25, -0.2) is 4.79 Å². The van der Waals surface area contributed by atoms with Gasteiger partial charge in [0.25, 0.3) is 0 Å². The standard InChI is InChI=1S/C11H13NO2/c1-7-8-3-2-4-10(11(13)14)9(8)5-6-12-7/h2-4,7,12H,5-6H2,1H3,(H,13,14)/t7-/m0/s1. The van der Waals surface area contributed by atoms with Gasteiger partial charge in [0.15, 0.2) is 0 Å². The predicted molar refractivity (Wildman–Crippen MR) is 53.5 cm³/mol. The molecule has 1 atom stereocenters. The van der Waals surface area contributed by atoms with Crippen LogP contribution in [0, 0.1) is 0 Å². The van der Waals surface area contributed by atoms with Crippen molar-refractivity contribution in [3.05, 3.63) is 34.9 Å². The molecule has 0 unspecified atom stereocenters. The Morgan fingerprint density at radius 2 is 2.36 bits per heavy atom. The lowest BCUT2D eigenvalue weighted by molar-refractivity contribution is 0.0695. The van der Waals surface area contributed by atoms with Crippen LogP contribution in [0.4, 0.5) is 0 Å². The van der Waals surface area contributed by atoms with Crippen molar-refractivity contribution in [1.29, 1.82) is 0 Å². The Morgan fingerprint density at radius 3 is 3.07 bits per heavy atom. The molecule has 1 aliphatic rings. The van der Waals surface area contributed by atoms with Crippen LogP contribution in [0.3, 0.4) is 0 Å². The average molecular weight is 191 g/mol. The summed E-state index contributed by atoms with van der Waals surface area (Å²) < 4.78 is 0. The van der Waals surface area contributed by atoms with E-state index in [0.717, 1.165) is 24.1 Å². The molecule has 1 aromatic rings. The Kier molecular flexibility index (Phi) is 2.25. The van der Waals surface area contributed by atoms with Gasteiger partial charge in [0, 0.05) is 6.04 Å². The zero-order chi connectivity index (χ0) is 10.1. The van der Waals surface area contributed by atoms with Gasteiger partial charge in [-0.1, -0.05) is 12.1 Å². The van der Waals surface area contributed by atoms with Crippen molar-refractivity contribution in [1.82, 2.24) is 5.32 Å². The molecule has 0 fully saturated rings. The van der Waals surface area contributed by atoms with Gasteiger partial charge in [0.05, 0.1) is 5.56 Å². The van der Waals surface area contributed by atoms with E-state index >= 15 is 0 Å². The minimum absolute atomic E-state index is 0.262. The van der Waals surface area contributed by atoms with E-state index in [0.29, 0.717) is 5.56 Å². The topological polar surface area (TPSA) is 49.3 Å². The molecule has 0 saturated carbocycles. The van der Waals surface area contributed by atoms with Gasteiger partial charge >= 0.3 is 5.97 Å². The first-order valence-corrected chi connectivity index (χ1v) is 4.78. The van der Waals surface area contributed by atoms with E-state index in [1.54, 1.807) is 6.07 Å². The summed E-state index contributed by atoms with van der Waals surface area (Å²) >= 11 is 0. The predicted octanol–water partition coefficient (Wildman–Crippen LogP) is 1.59. The fourth-order valence-corrected chi connectivity index (χ4v) is 2.01. The molecule has 1 aliphatic heterocycles. The Bertz CT molecular complexity index is 374. The number of carboxylic acids is 1. The molecule has 3 heteroatoms. The normalized spacial score (nSPS) is 20.2. The fourth-order valence-electron chi connectivity index (χ4n) is 2.01. The quantitative estimate of drug-likeness (QED) is 0.708. The lowest BCUT2D eigenvalue weighted by Crippen LogP contribution is -2.29. The van der Waals surface area contributed by atoms with Crippen LogP contribution < -0.4 is 5.32 Å². The Morgan fingerprint density at radius 1 is 1.57 bits per heavy atom. The molecule has 0 amide bonds. The summed E-state index contributed by atoms with van der Waals surface area (Å²) in [4.78, 5) is 11.0. The van der Waals surface area contributed by atoms with Crippen molar-refractivity contribution >= 4 is 5.97 Å². The average Bonchev–Trinajstić information content (AvgIpc) is 2.17. The number of hydrogen-bond donors (Lipinski definition) is 2. The maximum absolute atomic E-state index is 11.0. The summed E-state index contributed by atoms with van der Waals surface area (Å²) in [5.41, 5.74) is 2.57. The molecule has 0 aliphatic carbocycles. The molecule has 0 aromatic heterocycles. The van der Waals surface area contributed by atoms with Crippen molar-refractivity contribution in [3.63, 3.8) is 0 Å². The summed E-state index contributed by atoms with van der Waals surface area (Å²) in [7, 11) is 0. The van der Waals surface area contributed by atoms with Gasteiger partial charge in [-0.05, 0) is 37.1 Å². The third kappa shape index (κ3) is 1.40. The van der Waals surface area contributed by atoms with Crippen LogP contribution in [0.1, 0.15) is 34.5 Å². The first kappa shape index (κ1) is 9.21. The van der Waals surface area contributed by atoms with Crippen molar-refractivity contribution in [3.8, 4) is 0 Å². The molecule has 14 heavy (non-hydrogen) atoms. The fraction of sp³-hybridized carbons (Fsp3) is 0.364. The summed E-state index contributed by atoms with van der Waals surface area (Å²) in [6.07, 6.45) is 0.808. The molecule has 1 aromatic carbocycles. The first-order valence-electron chi connectivity index (χ1n) is 4.78. The molecule has 0 radical (unpaired) electrons. The third-order valence-electron chi connectivity index (χ3n) is 2.73. The van der Waals surface area contributed by atoms with Crippen molar-refractivity contribution in [2.75, 3.05) is 6.54 Å². The largest absolute Gasteiger partial charge is 0.478 e. The molecule has 74 valence electrons. The van der Waals surface area contributed by atoms with Gasteiger partial charge in [0.1, 0.15) is 0 Å². The van der Waals surface area contributed by atoms with Gasteiger partial charge in [0.2, 0.25) is 0 Å². The van der Waals surface area contributed by atoms with E-state index in [-0.39, 0.29) is 6.04 Å². The number of hydrogen-bond acceptors (Lipinski definition) is 2. The van der Waals surface area contributed by atoms with Crippen molar-refractivity contribution < 1.29 is 9.90 Å². The summed E-state index contributed by atoms with van der Waals surface area (Å²) in [5, 5.41) is 12.3. The molecule has 0 spiro atoms. The molecule has 3 nitrogen and oxygen atoms in total. The lowest BCUT2D eigenvalue weighted by Gasteiger charge is -2.24. The van der Waals surface area contributed by atoms with Crippen LogP contribution in [0.5, 0.6) is 0 Å². The number of fused-ring (bicyclic) bond motifs is 1. The van der Waals surface area contributed by atoms with Crippen LogP contribution in [0.2, 0.25) is 0 Å². The highest BCUT2D eigenvalue weighted by Crippen LogP contribution is 2.25. The zero-order valence-electron chi connectivity index (χ0n) is 8.08. The Balaban J connectivity index is 2.55. The van der Waals surface area contributed by atoms with Gasteiger partial charge in [-0.15, -0.1) is 0 Å². The second-order valence-electron chi connectivity index (χ2n) is 3.60. The SMILES string of the molecule is C[C@@H]1NCCc2c(C(=O)O)cccc21. The number of rotatable bonds is 1. The Hall–Kier alpha value is -1.35. The van der Waals surface area contributed by atoms with Crippen LogP contribution >= 0.6 is 0 Å². The summed E-state index contributed by atoms with van der Waals surface area (Å²) in [5.74, 6) is -0.823. The van der Waals surface area contributed by atoms with Crippen LogP contribution in [0.25, 0.3) is 0 Å². The van der Waals surface area contributed by atoms with Crippen molar-refractivity contribution in [2.45, 2.75) is 19.4 Å². The molecule has 1 heterocycles. The highest BCUT2D eigenvalue weighted by molar-refractivity contribution is 5.90. The zero-order valence-corrected chi connectivity index (χ0v) is 8.08. The van der Waals surface area contributed by atoms with Crippen LogP contribution in [-0.2, 0) is 6.42 Å². The van der Waals surface area contributed by atoms with E-state index < -0.39 is 5.97 Å². The van der Waals surface area contributed by atoms with E-state index in [1.165, 1.54) is 0 Å². The van der Waals surface area contributed by atoms with E-state index in [9.17, 15) is 4.79 Å². The highest BCUT2D eigenvalue weighted by atomic mass is 16.4. The van der Waals surface area contributed by atoms with Crippen LogP contribution in [0.15, 0.2) is 18.2 Å². The van der Waals surface area contributed by atoms with Gasteiger partial charge in [-0.3, -0.25) is 0 Å². The third-order valence-corrected chi connectivity index (χ3v) is 2.73. The molecule has 0 saturated heterocycles. The molecular weight excluding hydrogens is 178 g/mol. The van der Waals surface area contributed by atoms with E-state index in [2.05, 4.69) is 12.2 Å². The number of aromatic carboxylic acids is 1. The molecule has 2 N–H and O–H groups in total. The van der Waals surface area contributed by atoms with E-state index in [4.69, 9.17) is 5.11 Å². The minimum Gasteiger partial charge on any atom is -0.478 e. The number of nitrogens with one attached hydrogen (secondary N) is 1. The minimum atomic E-state index is -0.823. The second kappa shape index (κ2) is 3.42. The molecular formula is C11H13NO2. The number of carbonyl (C=O) groups is 1. The van der Waals surface area contributed by atoms with E-state index in [1.807, 2.05) is 12.1 Å². The Labute approximate surface area is 82.8 Å². The summed E-state index contributed by atoms with van der Waals surface area (Å²) in [6, 6.07) is 5.75. The van der Waals surface area contributed by atoms with Crippen molar-refractivity contribution in [2.24, 2.45) is 0 Å². The van der Waals surface area contributed by atoms with Gasteiger partial charge in [-0.2, -0.15) is 0 Å². The highest BCUT2D eigenvalue weighted by Gasteiger charge is 2.20. The summed E-state index contributed by atoms with van der Waals surface area (Å²) in [6.45, 7) is 2.92. The first-order chi connectivity index (χ1) is 6.70. The molecule has 0 bridgehead atoms. The van der Waals surface area contributed by atoms with Gasteiger partial charge < -0.3 is 10.4 Å². The maximum atomic E-state index is 11.0. The number of benzene rings is 1.